The highest BCUT2D eigenvalue weighted by Gasteiger charge is 2.10. The van der Waals surface area contributed by atoms with Crippen LogP contribution in [0.3, 0.4) is 0 Å². The fourth-order valence-corrected chi connectivity index (χ4v) is 2.07. The summed E-state index contributed by atoms with van der Waals surface area (Å²) in [5.41, 5.74) is 1.67. The van der Waals surface area contributed by atoms with Crippen molar-refractivity contribution < 1.29 is 14.7 Å². The molecule has 106 valence electrons. The van der Waals surface area contributed by atoms with Crippen molar-refractivity contribution in [2.75, 3.05) is 5.32 Å². The summed E-state index contributed by atoms with van der Waals surface area (Å²) >= 11 is 3.22. The second-order valence-corrected chi connectivity index (χ2v) is 4.84. The lowest BCUT2D eigenvalue weighted by Crippen LogP contribution is -2.13. The van der Waals surface area contributed by atoms with Crippen LogP contribution in [-0.4, -0.2) is 22.0 Å². The van der Waals surface area contributed by atoms with E-state index in [4.69, 9.17) is 5.11 Å². The number of nitrogens with zero attached hydrogens (tertiary/aromatic N) is 1. The number of hydrogen-bond donors (Lipinski definition) is 2. The van der Waals surface area contributed by atoms with Gasteiger partial charge in [-0.25, -0.2) is 9.78 Å². The Kier molecular flexibility index (Phi) is 4.84. The number of aromatic nitrogens is 1. The van der Waals surface area contributed by atoms with Gasteiger partial charge >= 0.3 is 5.97 Å². The van der Waals surface area contributed by atoms with E-state index in [1.54, 1.807) is 42.6 Å². The number of hydrogen-bond acceptors (Lipinski definition) is 3. The lowest BCUT2D eigenvalue weighted by atomic mass is 10.2. The number of anilines is 1. The Hall–Kier alpha value is -2.47. The van der Waals surface area contributed by atoms with E-state index in [1.807, 2.05) is 0 Å². The Morgan fingerprint density at radius 2 is 2.05 bits per heavy atom. The highest BCUT2D eigenvalue weighted by molar-refractivity contribution is 9.10. The first kappa shape index (κ1) is 14.9. The molecule has 0 saturated heterocycles. The molecule has 1 aromatic carbocycles. The third kappa shape index (κ3) is 4.25. The van der Waals surface area contributed by atoms with E-state index < -0.39 is 5.97 Å². The number of amides is 1. The molecule has 2 rings (SSSR count). The third-order valence-electron chi connectivity index (χ3n) is 2.57. The van der Waals surface area contributed by atoms with E-state index in [0.717, 1.165) is 6.08 Å². The summed E-state index contributed by atoms with van der Waals surface area (Å²) in [6.45, 7) is 0. The van der Waals surface area contributed by atoms with Crippen molar-refractivity contribution in [2.45, 2.75) is 0 Å². The van der Waals surface area contributed by atoms with Crippen molar-refractivity contribution in [3.05, 3.63) is 64.4 Å². The Morgan fingerprint density at radius 3 is 2.76 bits per heavy atom. The summed E-state index contributed by atoms with van der Waals surface area (Å²) in [5, 5.41) is 11.3. The topological polar surface area (TPSA) is 79.3 Å². The van der Waals surface area contributed by atoms with E-state index >= 15 is 0 Å². The van der Waals surface area contributed by atoms with Crippen molar-refractivity contribution in [3.8, 4) is 0 Å². The van der Waals surface area contributed by atoms with Gasteiger partial charge in [-0.15, -0.1) is 0 Å². The molecule has 0 fully saturated rings. The fraction of sp³-hybridized carbons (Fsp3) is 0. The maximum Gasteiger partial charge on any atom is 0.328 e. The number of carbonyl (C=O) groups excluding carboxylic acids is 1. The molecule has 0 aliphatic carbocycles. The summed E-state index contributed by atoms with van der Waals surface area (Å²) in [4.78, 5) is 26.6. The molecule has 2 N–H and O–H groups in total. The second-order valence-electron chi connectivity index (χ2n) is 4.09. The summed E-state index contributed by atoms with van der Waals surface area (Å²) in [6.07, 6.45) is 4.08. The zero-order valence-electron chi connectivity index (χ0n) is 10.8. The van der Waals surface area contributed by atoms with Crippen LogP contribution in [0.2, 0.25) is 0 Å². The minimum atomic E-state index is -1.02. The predicted molar refractivity (Wildman–Crippen MR) is 83.0 cm³/mol. The summed E-state index contributed by atoms with van der Waals surface area (Å²) in [5.74, 6) is -1.32. The minimum Gasteiger partial charge on any atom is -0.478 e. The van der Waals surface area contributed by atoms with E-state index in [9.17, 15) is 9.59 Å². The van der Waals surface area contributed by atoms with Crippen LogP contribution in [0.4, 0.5) is 5.69 Å². The standard InChI is InChI=1S/C15H11BrN2O3/c16-14-12(5-2-8-17-14)15(21)18-11-4-1-3-10(9-11)6-7-13(19)20/h1-9H,(H,18,21)(H,19,20)/b7-6+. The molecule has 1 heterocycles. The van der Waals surface area contributed by atoms with Crippen LogP contribution in [0.5, 0.6) is 0 Å². The van der Waals surface area contributed by atoms with Crippen LogP contribution in [-0.2, 0) is 4.79 Å². The van der Waals surface area contributed by atoms with Crippen LogP contribution in [0.1, 0.15) is 15.9 Å². The van der Waals surface area contributed by atoms with Gasteiger partial charge in [-0.3, -0.25) is 4.79 Å². The molecule has 0 radical (unpaired) electrons. The van der Waals surface area contributed by atoms with Gasteiger partial charge in [0.05, 0.1) is 5.56 Å². The largest absolute Gasteiger partial charge is 0.478 e. The quantitative estimate of drug-likeness (QED) is 0.658. The number of nitrogens with one attached hydrogen (secondary N) is 1. The highest BCUT2D eigenvalue weighted by Crippen LogP contribution is 2.17. The van der Waals surface area contributed by atoms with E-state index in [1.165, 1.54) is 6.08 Å². The monoisotopic (exact) mass is 346 g/mol. The van der Waals surface area contributed by atoms with Crippen molar-refractivity contribution in [3.63, 3.8) is 0 Å². The molecule has 21 heavy (non-hydrogen) atoms. The van der Waals surface area contributed by atoms with Crippen molar-refractivity contribution in [2.24, 2.45) is 0 Å². The number of carbonyl (C=O) groups is 2. The SMILES string of the molecule is O=C(O)/C=C/c1cccc(NC(=O)c2cccnc2Br)c1. The Morgan fingerprint density at radius 1 is 1.24 bits per heavy atom. The van der Waals surface area contributed by atoms with E-state index in [2.05, 4.69) is 26.2 Å². The van der Waals surface area contributed by atoms with Crippen LogP contribution in [0.25, 0.3) is 6.08 Å². The molecule has 0 aliphatic rings. The van der Waals surface area contributed by atoms with E-state index in [0.29, 0.717) is 21.4 Å². The van der Waals surface area contributed by atoms with Gasteiger partial charge in [-0.2, -0.15) is 0 Å². The lowest BCUT2D eigenvalue weighted by molar-refractivity contribution is -0.131. The number of carboxylic acid groups (broad SMARTS) is 1. The van der Waals surface area contributed by atoms with Crippen molar-refractivity contribution in [1.82, 2.24) is 4.98 Å². The first-order chi connectivity index (χ1) is 10.1. The molecule has 0 unspecified atom stereocenters. The number of carboxylic acids is 1. The normalized spacial score (nSPS) is 10.5. The molecule has 2 aromatic rings. The molecular formula is C15H11BrN2O3. The Labute approximate surface area is 129 Å². The van der Waals surface area contributed by atoms with Crippen LogP contribution in [0.15, 0.2) is 53.3 Å². The molecule has 0 spiro atoms. The molecule has 1 aromatic heterocycles. The van der Waals surface area contributed by atoms with Gasteiger partial charge in [0.1, 0.15) is 4.60 Å². The van der Waals surface area contributed by atoms with Crippen LogP contribution < -0.4 is 5.32 Å². The number of halogens is 1. The zero-order valence-corrected chi connectivity index (χ0v) is 12.4. The lowest BCUT2D eigenvalue weighted by Gasteiger charge is -2.07. The highest BCUT2D eigenvalue weighted by atomic mass is 79.9. The fourth-order valence-electron chi connectivity index (χ4n) is 1.64. The molecule has 0 saturated carbocycles. The van der Waals surface area contributed by atoms with Gasteiger partial charge < -0.3 is 10.4 Å². The Bertz CT molecular complexity index is 714. The van der Waals surface area contributed by atoms with E-state index in [-0.39, 0.29) is 5.91 Å². The van der Waals surface area contributed by atoms with Gasteiger partial charge in [-0.1, -0.05) is 12.1 Å². The molecule has 0 atom stereocenters. The zero-order chi connectivity index (χ0) is 15.2. The Balaban J connectivity index is 2.17. The van der Waals surface area contributed by atoms with Crippen LogP contribution in [0, 0.1) is 0 Å². The number of aliphatic carboxylic acids is 1. The van der Waals surface area contributed by atoms with Gasteiger partial charge in [0.15, 0.2) is 0 Å². The molecule has 5 nitrogen and oxygen atoms in total. The van der Waals surface area contributed by atoms with Crippen molar-refractivity contribution in [1.29, 1.82) is 0 Å². The molecular weight excluding hydrogens is 336 g/mol. The molecule has 1 amide bonds. The maximum absolute atomic E-state index is 12.1. The first-order valence-corrected chi connectivity index (χ1v) is 6.78. The van der Waals surface area contributed by atoms with Gasteiger partial charge in [-0.05, 0) is 51.8 Å². The van der Waals surface area contributed by atoms with Gasteiger partial charge in [0.2, 0.25) is 0 Å². The maximum atomic E-state index is 12.1. The second kappa shape index (κ2) is 6.81. The smallest absolute Gasteiger partial charge is 0.328 e. The van der Waals surface area contributed by atoms with Gasteiger partial charge in [0.25, 0.3) is 5.91 Å². The molecule has 6 heteroatoms. The molecule has 0 aliphatic heterocycles. The average molecular weight is 347 g/mol. The average Bonchev–Trinajstić information content (AvgIpc) is 2.46. The predicted octanol–water partition coefficient (Wildman–Crippen LogP) is 3.19. The van der Waals surface area contributed by atoms with Crippen molar-refractivity contribution >= 4 is 39.6 Å². The summed E-state index contributed by atoms with van der Waals surface area (Å²) < 4.78 is 0.462. The number of benzene rings is 1. The van der Waals surface area contributed by atoms with Crippen LogP contribution >= 0.6 is 15.9 Å². The molecule has 0 bridgehead atoms. The number of pyridine rings is 1. The first-order valence-electron chi connectivity index (χ1n) is 5.99. The minimum absolute atomic E-state index is 0.297. The third-order valence-corrected chi connectivity index (χ3v) is 3.20. The summed E-state index contributed by atoms with van der Waals surface area (Å²) in [7, 11) is 0. The van der Waals surface area contributed by atoms with Gasteiger partial charge in [0, 0.05) is 18.0 Å². The summed E-state index contributed by atoms with van der Waals surface area (Å²) in [6, 6.07) is 10.2. The number of rotatable bonds is 4.